The number of hydrogen-bond acceptors (Lipinski definition) is 4. The number of nitrogens with two attached hydrogens (primary N) is 1. The van der Waals surface area contributed by atoms with E-state index in [0.29, 0.717) is 35.1 Å². The number of halogens is 1. The molecule has 5 heteroatoms. The lowest BCUT2D eigenvalue weighted by molar-refractivity contribution is 0.181. The molecule has 0 radical (unpaired) electrons. The van der Waals surface area contributed by atoms with Crippen molar-refractivity contribution in [2.75, 3.05) is 12.8 Å². The van der Waals surface area contributed by atoms with Crippen molar-refractivity contribution in [3.63, 3.8) is 0 Å². The van der Waals surface area contributed by atoms with Gasteiger partial charge in [0, 0.05) is 18.7 Å². The van der Waals surface area contributed by atoms with E-state index in [1.807, 2.05) is 0 Å². The molecule has 0 unspecified atom stereocenters. The molecular formula is C13H14FN3O. The maximum Gasteiger partial charge on any atom is 0.161 e. The lowest BCUT2D eigenvalue weighted by atomic mass is 10.1. The van der Waals surface area contributed by atoms with Crippen LogP contribution in [-0.2, 0) is 11.3 Å². The maximum absolute atomic E-state index is 13.5. The van der Waals surface area contributed by atoms with Gasteiger partial charge in [-0.05, 0) is 18.6 Å². The molecule has 0 aliphatic carbocycles. The number of aromatic nitrogens is 2. The van der Waals surface area contributed by atoms with Crippen molar-refractivity contribution in [2.45, 2.75) is 13.5 Å². The number of nitrogen functional groups attached to an aromatic ring is 1. The van der Waals surface area contributed by atoms with Gasteiger partial charge in [0.15, 0.2) is 5.82 Å². The molecule has 94 valence electrons. The second kappa shape index (κ2) is 5.10. The van der Waals surface area contributed by atoms with Crippen LogP contribution in [0.15, 0.2) is 24.3 Å². The Kier molecular flexibility index (Phi) is 3.53. The van der Waals surface area contributed by atoms with Gasteiger partial charge in [0.1, 0.15) is 11.6 Å². The second-order valence-electron chi connectivity index (χ2n) is 4.00. The largest absolute Gasteiger partial charge is 0.384 e. The fourth-order valence-electron chi connectivity index (χ4n) is 1.60. The molecule has 0 fully saturated rings. The summed E-state index contributed by atoms with van der Waals surface area (Å²) >= 11 is 0. The molecule has 0 bridgehead atoms. The van der Waals surface area contributed by atoms with Crippen LogP contribution in [0.25, 0.3) is 11.4 Å². The predicted molar refractivity (Wildman–Crippen MR) is 67.3 cm³/mol. The summed E-state index contributed by atoms with van der Waals surface area (Å²) < 4.78 is 18.5. The number of anilines is 1. The quantitative estimate of drug-likeness (QED) is 0.904. The molecule has 0 saturated carbocycles. The zero-order valence-corrected chi connectivity index (χ0v) is 10.3. The predicted octanol–water partition coefficient (Wildman–Crippen LogP) is 2.32. The topological polar surface area (TPSA) is 61.0 Å². The molecular weight excluding hydrogens is 233 g/mol. The van der Waals surface area contributed by atoms with Crippen LogP contribution in [0, 0.1) is 12.7 Å². The molecule has 0 saturated heterocycles. The number of hydrogen-bond donors (Lipinski definition) is 1. The van der Waals surface area contributed by atoms with Crippen molar-refractivity contribution in [3.05, 3.63) is 41.3 Å². The monoisotopic (exact) mass is 247 g/mol. The Bertz CT molecular complexity index is 572. The van der Waals surface area contributed by atoms with Crippen LogP contribution in [-0.4, -0.2) is 17.1 Å². The Morgan fingerprint density at radius 3 is 2.72 bits per heavy atom. The smallest absolute Gasteiger partial charge is 0.161 e. The summed E-state index contributed by atoms with van der Waals surface area (Å²) in [7, 11) is 1.57. The fourth-order valence-corrected chi connectivity index (χ4v) is 1.60. The first-order valence-corrected chi connectivity index (χ1v) is 5.49. The molecule has 2 aromatic rings. The molecule has 0 aliphatic rings. The lowest BCUT2D eigenvalue weighted by Crippen LogP contribution is -2.01. The Morgan fingerprint density at radius 1 is 1.28 bits per heavy atom. The van der Waals surface area contributed by atoms with E-state index in [1.54, 1.807) is 32.2 Å². The molecule has 1 heterocycles. The Hall–Kier alpha value is -2.01. The van der Waals surface area contributed by atoms with Crippen LogP contribution in [0.1, 0.15) is 11.3 Å². The van der Waals surface area contributed by atoms with Crippen LogP contribution in [0.2, 0.25) is 0 Å². The molecule has 1 aromatic carbocycles. The standard InChI is InChI=1S/C13H14FN3O/c1-8-3-4-9(5-11(8)14)13-16-10(7-18-2)6-12(15)17-13/h3-6H,7H2,1-2H3,(H2,15,16,17). The highest BCUT2D eigenvalue weighted by atomic mass is 19.1. The molecule has 18 heavy (non-hydrogen) atoms. The third-order valence-corrected chi connectivity index (χ3v) is 2.52. The van der Waals surface area contributed by atoms with Crippen molar-refractivity contribution in [3.8, 4) is 11.4 Å². The number of benzene rings is 1. The van der Waals surface area contributed by atoms with Crippen molar-refractivity contribution >= 4 is 5.82 Å². The van der Waals surface area contributed by atoms with Crippen LogP contribution in [0.5, 0.6) is 0 Å². The highest BCUT2D eigenvalue weighted by Gasteiger charge is 2.07. The minimum Gasteiger partial charge on any atom is -0.384 e. The Balaban J connectivity index is 2.46. The summed E-state index contributed by atoms with van der Waals surface area (Å²) in [5.74, 6) is 0.459. The van der Waals surface area contributed by atoms with Gasteiger partial charge in [0.05, 0.1) is 12.3 Å². The van der Waals surface area contributed by atoms with Crippen molar-refractivity contribution < 1.29 is 9.13 Å². The molecule has 0 atom stereocenters. The Morgan fingerprint density at radius 2 is 2.06 bits per heavy atom. The van der Waals surface area contributed by atoms with Crippen LogP contribution < -0.4 is 5.73 Å². The van der Waals surface area contributed by atoms with Crippen molar-refractivity contribution in [1.82, 2.24) is 9.97 Å². The van der Waals surface area contributed by atoms with Gasteiger partial charge in [0.2, 0.25) is 0 Å². The van der Waals surface area contributed by atoms with Crippen LogP contribution >= 0.6 is 0 Å². The van der Waals surface area contributed by atoms with Gasteiger partial charge >= 0.3 is 0 Å². The molecule has 1 aromatic heterocycles. The van der Waals surface area contributed by atoms with E-state index < -0.39 is 0 Å². The molecule has 2 rings (SSSR count). The van der Waals surface area contributed by atoms with Gasteiger partial charge in [-0.3, -0.25) is 0 Å². The van der Waals surface area contributed by atoms with Gasteiger partial charge in [0.25, 0.3) is 0 Å². The highest BCUT2D eigenvalue weighted by molar-refractivity contribution is 5.57. The first-order valence-electron chi connectivity index (χ1n) is 5.49. The Labute approximate surface area is 105 Å². The van der Waals surface area contributed by atoms with Gasteiger partial charge in [-0.15, -0.1) is 0 Å². The average molecular weight is 247 g/mol. The fraction of sp³-hybridized carbons (Fsp3) is 0.231. The van der Waals surface area contributed by atoms with E-state index in [-0.39, 0.29) is 5.82 Å². The van der Waals surface area contributed by atoms with E-state index in [1.165, 1.54) is 6.07 Å². The van der Waals surface area contributed by atoms with Crippen molar-refractivity contribution in [2.24, 2.45) is 0 Å². The first-order chi connectivity index (χ1) is 8.60. The molecule has 0 aliphatic heterocycles. The summed E-state index contributed by atoms with van der Waals surface area (Å²) in [6.07, 6.45) is 0. The van der Waals surface area contributed by atoms with E-state index >= 15 is 0 Å². The van der Waals surface area contributed by atoms with Gasteiger partial charge in [-0.2, -0.15) is 0 Å². The molecule has 0 amide bonds. The van der Waals surface area contributed by atoms with Gasteiger partial charge < -0.3 is 10.5 Å². The lowest BCUT2D eigenvalue weighted by Gasteiger charge is -2.06. The number of nitrogens with zero attached hydrogens (tertiary/aromatic N) is 2. The summed E-state index contributed by atoms with van der Waals surface area (Å²) in [6.45, 7) is 2.05. The zero-order chi connectivity index (χ0) is 13.1. The minimum atomic E-state index is -0.285. The van der Waals surface area contributed by atoms with Crippen molar-refractivity contribution in [1.29, 1.82) is 0 Å². The molecule has 0 spiro atoms. The maximum atomic E-state index is 13.5. The minimum absolute atomic E-state index is 0.285. The van der Waals surface area contributed by atoms with Gasteiger partial charge in [-0.1, -0.05) is 12.1 Å². The van der Waals surface area contributed by atoms with Gasteiger partial charge in [-0.25, -0.2) is 14.4 Å². The van der Waals surface area contributed by atoms with Crippen LogP contribution in [0.4, 0.5) is 10.2 Å². The third-order valence-electron chi connectivity index (χ3n) is 2.52. The zero-order valence-electron chi connectivity index (χ0n) is 10.3. The third kappa shape index (κ3) is 2.62. The number of aryl methyl sites for hydroxylation is 1. The van der Waals surface area contributed by atoms with E-state index in [2.05, 4.69) is 9.97 Å². The second-order valence-corrected chi connectivity index (χ2v) is 4.00. The normalized spacial score (nSPS) is 10.6. The number of rotatable bonds is 3. The summed E-state index contributed by atoms with van der Waals surface area (Å²) in [4.78, 5) is 8.38. The summed E-state index contributed by atoms with van der Waals surface area (Å²) in [5.41, 5.74) is 7.55. The van der Waals surface area contributed by atoms with Crippen LogP contribution in [0.3, 0.4) is 0 Å². The number of ether oxygens (including phenoxy) is 1. The first kappa shape index (κ1) is 12.4. The SMILES string of the molecule is COCc1cc(N)nc(-c2ccc(C)c(F)c2)n1. The van der Waals surface area contributed by atoms with E-state index in [0.717, 1.165) is 0 Å². The molecule has 2 N–H and O–H groups in total. The summed E-state index contributed by atoms with van der Waals surface area (Å²) in [6, 6.07) is 6.50. The van der Waals surface area contributed by atoms with E-state index in [4.69, 9.17) is 10.5 Å². The highest BCUT2D eigenvalue weighted by Crippen LogP contribution is 2.20. The molecule has 4 nitrogen and oxygen atoms in total. The number of methoxy groups -OCH3 is 1. The average Bonchev–Trinajstić information content (AvgIpc) is 2.32. The summed E-state index contributed by atoms with van der Waals surface area (Å²) in [5, 5.41) is 0. The van der Waals surface area contributed by atoms with E-state index in [9.17, 15) is 4.39 Å².